The largest absolute Gasteiger partial charge is 0.481 e. The number of thiophene rings is 1. The van der Waals surface area contributed by atoms with Gasteiger partial charge in [0.15, 0.2) is 0 Å². The van der Waals surface area contributed by atoms with Crippen LogP contribution in [0.5, 0.6) is 0 Å². The van der Waals surface area contributed by atoms with Crippen molar-refractivity contribution in [3.8, 4) is 0 Å². The number of rotatable bonds is 6. The Morgan fingerprint density at radius 2 is 2.11 bits per heavy atom. The van der Waals surface area contributed by atoms with Crippen molar-refractivity contribution in [1.29, 1.82) is 0 Å². The van der Waals surface area contributed by atoms with Crippen molar-refractivity contribution in [3.63, 3.8) is 0 Å². The minimum Gasteiger partial charge on any atom is -0.481 e. The van der Waals surface area contributed by atoms with E-state index >= 15 is 0 Å². The Hall–Kier alpha value is -1.07. The molecule has 0 aromatic carbocycles. The maximum absolute atomic E-state index is 11.8. The van der Waals surface area contributed by atoms with E-state index in [-0.39, 0.29) is 24.2 Å². The molecule has 1 heterocycles. The first-order valence-corrected chi connectivity index (χ1v) is 6.84. The van der Waals surface area contributed by atoms with E-state index in [1.54, 1.807) is 19.9 Å². The molecule has 0 aliphatic heterocycles. The Bertz CT molecular complexity index is 433. The fraction of sp³-hybridized carbons (Fsp3) is 0.500. The van der Waals surface area contributed by atoms with Gasteiger partial charge in [-0.25, -0.2) is 0 Å². The highest BCUT2D eigenvalue weighted by atomic mass is 35.5. The summed E-state index contributed by atoms with van der Waals surface area (Å²) in [6, 6.07) is 3.59. The molecule has 0 aliphatic rings. The van der Waals surface area contributed by atoms with Crippen LogP contribution in [0.3, 0.4) is 0 Å². The van der Waals surface area contributed by atoms with Crippen molar-refractivity contribution in [2.24, 2.45) is 5.92 Å². The summed E-state index contributed by atoms with van der Waals surface area (Å²) in [6.07, 6.45) is 0.0551. The van der Waals surface area contributed by atoms with Crippen LogP contribution in [-0.2, 0) is 9.59 Å². The topological polar surface area (TPSA) is 66.4 Å². The second kappa shape index (κ2) is 6.75. The van der Waals surface area contributed by atoms with Crippen LogP contribution in [0, 0.1) is 5.92 Å². The molecule has 0 saturated heterocycles. The van der Waals surface area contributed by atoms with Gasteiger partial charge in [0.05, 0.1) is 10.3 Å². The average molecular weight is 290 g/mol. The Morgan fingerprint density at radius 3 is 2.61 bits per heavy atom. The Labute approximate surface area is 115 Å². The number of aliphatic carboxylic acids is 1. The normalized spacial score (nSPS) is 13.9. The third kappa shape index (κ3) is 4.66. The standard InChI is InChI=1S/C12H16ClNO3S/c1-7(5-11(15)16)6-14-12(17)8(2)9-3-4-10(13)18-9/h3-4,7-8H,5-6H2,1-2H3,(H,14,17)(H,15,16). The summed E-state index contributed by atoms with van der Waals surface area (Å²) in [4.78, 5) is 23.2. The second-order valence-corrected chi connectivity index (χ2v) is 6.06. The molecule has 0 radical (unpaired) electrons. The lowest BCUT2D eigenvalue weighted by atomic mass is 10.1. The minimum absolute atomic E-state index is 0.0551. The van der Waals surface area contributed by atoms with Gasteiger partial charge in [0.1, 0.15) is 0 Å². The molecule has 2 N–H and O–H groups in total. The van der Waals surface area contributed by atoms with Gasteiger partial charge in [0, 0.05) is 17.8 Å². The Morgan fingerprint density at radius 1 is 1.44 bits per heavy atom. The molecule has 2 atom stereocenters. The summed E-state index contributed by atoms with van der Waals surface area (Å²) >= 11 is 7.20. The summed E-state index contributed by atoms with van der Waals surface area (Å²) in [5.74, 6) is -1.30. The highest BCUT2D eigenvalue weighted by molar-refractivity contribution is 7.16. The van der Waals surface area contributed by atoms with Crippen LogP contribution in [0.15, 0.2) is 12.1 Å². The van der Waals surface area contributed by atoms with Crippen molar-refractivity contribution in [3.05, 3.63) is 21.3 Å². The van der Waals surface area contributed by atoms with Crippen LogP contribution < -0.4 is 5.32 Å². The zero-order chi connectivity index (χ0) is 13.7. The number of halogens is 1. The van der Waals surface area contributed by atoms with E-state index in [4.69, 9.17) is 16.7 Å². The van der Waals surface area contributed by atoms with Crippen LogP contribution in [0.2, 0.25) is 4.34 Å². The van der Waals surface area contributed by atoms with Gasteiger partial charge in [-0.1, -0.05) is 18.5 Å². The van der Waals surface area contributed by atoms with Gasteiger partial charge in [-0.05, 0) is 25.0 Å². The van der Waals surface area contributed by atoms with Crippen molar-refractivity contribution >= 4 is 34.8 Å². The first-order valence-electron chi connectivity index (χ1n) is 5.65. The zero-order valence-corrected chi connectivity index (χ0v) is 11.8. The van der Waals surface area contributed by atoms with Crippen molar-refractivity contribution < 1.29 is 14.7 Å². The van der Waals surface area contributed by atoms with Gasteiger partial charge in [0.25, 0.3) is 0 Å². The van der Waals surface area contributed by atoms with Gasteiger partial charge in [-0.3, -0.25) is 9.59 Å². The van der Waals surface area contributed by atoms with Gasteiger partial charge in [-0.2, -0.15) is 0 Å². The summed E-state index contributed by atoms with van der Waals surface area (Å²) < 4.78 is 0.656. The molecule has 0 bridgehead atoms. The highest BCUT2D eigenvalue weighted by Crippen LogP contribution is 2.28. The molecular weight excluding hydrogens is 274 g/mol. The van der Waals surface area contributed by atoms with E-state index in [9.17, 15) is 9.59 Å². The smallest absolute Gasteiger partial charge is 0.303 e. The maximum Gasteiger partial charge on any atom is 0.303 e. The molecule has 4 nitrogen and oxygen atoms in total. The van der Waals surface area contributed by atoms with Gasteiger partial charge in [-0.15, -0.1) is 11.3 Å². The molecule has 100 valence electrons. The molecule has 0 fully saturated rings. The predicted molar refractivity (Wildman–Crippen MR) is 72.2 cm³/mol. The monoisotopic (exact) mass is 289 g/mol. The number of carboxylic acid groups (broad SMARTS) is 1. The first-order chi connectivity index (χ1) is 8.40. The number of carbonyl (C=O) groups excluding carboxylic acids is 1. The van der Waals surface area contributed by atoms with E-state index in [0.717, 1.165) is 4.88 Å². The van der Waals surface area contributed by atoms with Crippen LogP contribution in [0.1, 0.15) is 31.1 Å². The number of hydrogen-bond acceptors (Lipinski definition) is 3. The van der Waals surface area contributed by atoms with Gasteiger partial charge >= 0.3 is 5.97 Å². The highest BCUT2D eigenvalue weighted by Gasteiger charge is 2.18. The molecule has 0 aliphatic carbocycles. The van der Waals surface area contributed by atoms with E-state index in [0.29, 0.717) is 10.9 Å². The lowest BCUT2D eigenvalue weighted by Crippen LogP contribution is -2.32. The quantitative estimate of drug-likeness (QED) is 0.846. The van der Waals surface area contributed by atoms with Crippen molar-refractivity contribution in [2.45, 2.75) is 26.2 Å². The van der Waals surface area contributed by atoms with Crippen LogP contribution in [-0.4, -0.2) is 23.5 Å². The van der Waals surface area contributed by atoms with E-state index in [2.05, 4.69) is 5.32 Å². The third-order valence-corrected chi connectivity index (χ3v) is 3.98. The summed E-state index contributed by atoms with van der Waals surface area (Å²) in [5.41, 5.74) is 0. The molecule has 18 heavy (non-hydrogen) atoms. The first kappa shape index (κ1) is 15.0. The Balaban J connectivity index is 2.43. The molecule has 6 heteroatoms. The number of amides is 1. The van der Waals surface area contributed by atoms with Crippen molar-refractivity contribution in [1.82, 2.24) is 5.32 Å². The summed E-state index contributed by atoms with van der Waals surface area (Å²) in [5, 5.41) is 11.4. The molecule has 1 aromatic rings. The number of hydrogen-bond donors (Lipinski definition) is 2. The van der Waals surface area contributed by atoms with Gasteiger partial charge < -0.3 is 10.4 Å². The predicted octanol–water partition coefficient (Wildman–Crippen LogP) is 2.73. The molecule has 1 aromatic heterocycles. The lowest BCUT2D eigenvalue weighted by Gasteiger charge is -2.13. The van der Waals surface area contributed by atoms with Crippen LogP contribution >= 0.6 is 22.9 Å². The SMILES string of the molecule is CC(CNC(=O)C(C)c1ccc(Cl)s1)CC(=O)O. The zero-order valence-electron chi connectivity index (χ0n) is 10.3. The molecular formula is C12H16ClNO3S. The molecule has 2 unspecified atom stereocenters. The average Bonchev–Trinajstić information content (AvgIpc) is 2.70. The minimum atomic E-state index is -0.852. The van der Waals surface area contributed by atoms with Crippen LogP contribution in [0.4, 0.5) is 0 Å². The summed E-state index contributed by atoms with van der Waals surface area (Å²) in [6.45, 7) is 3.97. The second-order valence-electron chi connectivity index (χ2n) is 4.31. The van der Waals surface area contributed by atoms with Gasteiger partial charge in [0.2, 0.25) is 5.91 Å². The summed E-state index contributed by atoms with van der Waals surface area (Å²) in [7, 11) is 0. The van der Waals surface area contributed by atoms with Crippen molar-refractivity contribution in [2.75, 3.05) is 6.54 Å². The third-order valence-electron chi connectivity index (χ3n) is 2.56. The van der Waals surface area contributed by atoms with E-state index < -0.39 is 5.97 Å². The van der Waals surface area contributed by atoms with E-state index in [1.807, 2.05) is 6.07 Å². The number of carbonyl (C=O) groups is 2. The molecule has 0 spiro atoms. The fourth-order valence-corrected chi connectivity index (χ4v) is 2.60. The Kier molecular flexibility index (Phi) is 5.62. The molecule has 0 saturated carbocycles. The van der Waals surface area contributed by atoms with E-state index in [1.165, 1.54) is 11.3 Å². The number of carboxylic acids is 1. The van der Waals surface area contributed by atoms with Crippen LogP contribution in [0.25, 0.3) is 0 Å². The number of nitrogens with one attached hydrogen (secondary N) is 1. The molecule has 1 amide bonds. The fourth-order valence-electron chi connectivity index (χ4n) is 1.49. The maximum atomic E-state index is 11.8. The molecule has 1 rings (SSSR count). The lowest BCUT2D eigenvalue weighted by molar-refractivity contribution is -0.138.